The van der Waals surface area contributed by atoms with E-state index in [-0.39, 0.29) is 11.8 Å². The highest BCUT2D eigenvalue weighted by Gasteiger charge is 2.46. The summed E-state index contributed by atoms with van der Waals surface area (Å²) in [5, 5.41) is 2.75. The van der Waals surface area contributed by atoms with Gasteiger partial charge in [0.2, 0.25) is 11.8 Å². The Labute approximate surface area is 119 Å². The minimum Gasteiger partial charge on any atom is -0.343 e. The Bertz CT molecular complexity index is 525. The van der Waals surface area contributed by atoms with Crippen LogP contribution < -0.4 is 5.32 Å². The molecular weight excluding hydrogens is 256 g/mol. The van der Waals surface area contributed by atoms with E-state index in [4.69, 9.17) is 0 Å². The van der Waals surface area contributed by atoms with E-state index in [0.717, 1.165) is 5.82 Å². The Hall–Kier alpha value is -1.85. The van der Waals surface area contributed by atoms with Gasteiger partial charge < -0.3 is 14.8 Å². The third-order valence-corrected chi connectivity index (χ3v) is 4.24. The van der Waals surface area contributed by atoms with Crippen LogP contribution in [0.5, 0.6) is 0 Å². The minimum absolute atomic E-state index is 0.0249. The lowest BCUT2D eigenvalue weighted by Gasteiger charge is -2.45. The minimum atomic E-state index is -0.769. The van der Waals surface area contributed by atoms with Crippen LogP contribution in [0.3, 0.4) is 0 Å². The largest absolute Gasteiger partial charge is 0.343 e. The van der Waals surface area contributed by atoms with Crippen LogP contribution in [-0.2, 0) is 23.1 Å². The van der Waals surface area contributed by atoms with Crippen LogP contribution in [0.2, 0.25) is 0 Å². The van der Waals surface area contributed by atoms with E-state index in [1.54, 1.807) is 18.0 Å². The van der Waals surface area contributed by atoms with Crippen molar-refractivity contribution in [1.82, 2.24) is 19.8 Å². The van der Waals surface area contributed by atoms with Gasteiger partial charge in [0.25, 0.3) is 0 Å². The number of hydrogen-bond donors (Lipinski definition) is 1. The van der Waals surface area contributed by atoms with Gasteiger partial charge in [0.05, 0.1) is 0 Å². The summed E-state index contributed by atoms with van der Waals surface area (Å²) < 4.78 is 1.93. The van der Waals surface area contributed by atoms with E-state index < -0.39 is 11.6 Å². The van der Waals surface area contributed by atoms with Crippen molar-refractivity contribution in [2.75, 3.05) is 6.54 Å². The lowest BCUT2D eigenvalue weighted by molar-refractivity contribution is -0.156. The third-order valence-electron chi connectivity index (χ3n) is 4.24. The highest BCUT2D eigenvalue weighted by atomic mass is 16.2. The zero-order valence-corrected chi connectivity index (χ0v) is 12.5. The van der Waals surface area contributed by atoms with E-state index >= 15 is 0 Å². The van der Waals surface area contributed by atoms with Gasteiger partial charge in [-0.15, -0.1) is 0 Å². The molecule has 0 bridgehead atoms. The Kier molecular flexibility index (Phi) is 3.83. The molecule has 1 aromatic rings. The summed E-state index contributed by atoms with van der Waals surface area (Å²) in [4.78, 5) is 30.6. The molecule has 0 radical (unpaired) electrons. The van der Waals surface area contributed by atoms with Crippen LogP contribution in [0.15, 0.2) is 12.4 Å². The van der Waals surface area contributed by atoms with Crippen molar-refractivity contribution in [3.05, 3.63) is 18.2 Å². The monoisotopic (exact) mass is 278 g/mol. The van der Waals surface area contributed by atoms with Gasteiger partial charge in [-0.25, -0.2) is 4.98 Å². The average molecular weight is 278 g/mol. The summed E-state index contributed by atoms with van der Waals surface area (Å²) in [5.41, 5.74) is -0.769. The quantitative estimate of drug-likeness (QED) is 0.871. The standard InChI is InChI=1S/C14H22N4O2/c1-5-14(3)13(20)16-10(2)12(19)18(14)8-6-11-15-7-9-17(11)4/h7,9-10H,5-6,8H2,1-4H3,(H,16,20). The number of hydrogen-bond acceptors (Lipinski definition) is 3. The van der Waals surface area contributed by atoms with Crippen LogP contribution in [0.25, 0.3) is 0 Å². The maximum Gasteiger partial charge on any atom is 0.246 e. The normalized spacial score (nSPS) is 26.8. The van der Waals surface area contributed by atoms with Gasteiger partial charge >= 0.3 is 0 Å². The lowest BCUT2D eigenvalue weighted by Crippen LogP contribution is -2.68. The van der Waals surface area contributed by atoms with Gasteiger partial charge in [-0.3, -0.25) is 9.59 Å². The first-order valence-electron chi connectivity index (χ1n) is 6.98. The maximum atomic E-state index is 12.4. The number of nitrogens with one attached hydrogen (secondary N) is 1. The molecule has 0 aliphatic carbocycles. The van der Waals surface area contributed by atoms with E-state index in [1.165, 1.54) is 0 Å². The number of nitrogens with zero attached hydrogens (tertiary/aromatic N) is 3. The van der Waals surface area contributed by atoms with Crippen molar-refractivity contribution in [3.8, 4) is 0 Å². The van der Waals surface area contributed by atoms with Crippen molar-refractivity contribution in [1.29, 1.82) is 0 Å². The fraction of sp³-hybridized carbons (Fsp3) is 0.643. The van der Waals surface area contributed by atoms with Crippen LogP contribution >= 0.6 is 0 Å². The molecule has 1 aliphatic heterocycles. The van der Waals surface area contributed by atoms with Crippen LogP contribution in [0.4, 0.5) is 0 Å². The molecule has 1 aliphatic rings. The zero-order valence-electron chi connectivity index (χ0n) is 12.5. The summed E-state index contributed by atoms with van der Waals surface area (Å²) in [6, 6.07) is -0.455. The molecule has 110 valence electrons. The first-order valence-corrected chi connectivity index (χ1v) is 6.98. The molecule has 6 heteroatoms. The van der Waals surface area contributed by atoms with Crippen LogP contribution in [0, 0.1) is 0 Å². The van der Waals surface area contributed by atoms with Crippen molar-refractivity contribution in [2.24, 2.45) is 7.05 Å². The Balaban J connectivity index is 2.19. The molecule has 1 saturated heterocycles. The predicted molar refractivity (Wildman–Crippen MR) is 74.9 cm³/mol. The van der Waals surface area contributed by atoms with E-state index in [9.17, 15) is 9.59 Å². The SMILES string of the molecule is CCC1(C)C(=O)NC(C)C(=O)N1CCc1nccn1C. The lowest BCUT2D eigenvalue weighted by atomic mass is 9.90. The second kappa shape index (κ2) is 5.26. The number of carbonyl (C=O) groups is 2. The van der Waals surface area contributed by atoms with E-state index in [1.807, 2.05) is 31.7 Å². The number of carbonyl (C=O) groups excluding carboxylic acids is 2. The molecule has 2 unspecified atom stereocenters. The van der Waals surface area contributed by atoms with Gasteiger partial charge in [-0.05, 0) is 20.3 Å². The van der Waals surface area contributed by atoms with Crippen LogP contribution in [-0.4, -0.2) is 44.4 Å². The van der Waals surface area contributed by atoms with Crippen molar-refractivity contribution in [3.63, 3.8) is 0 Å². The molecule has 1 aromatic heterocycles. The van der Waals surface area contributed by atoms with Gasteiger partial charge in [0.1, 0.15) is 17.4 Å². The molecule has 0 spiro atoms. The predicted octanol–water partition coefficient (Wildman–Crippen LogP) is 0.478. The first-order chi connectivity index (χ1) is 9.40. The van der Waals surface area contributed by atoms with Crippen molar-refractivity contribution in [2.45, 2.75) is 45.2 Å². The number of aromatic nitrogens is 2. The third kappa shape index (κ3) is 2.30. The molecule has 1 fully saturated rings. The number of aryl methyl sites for hydroxylation is 1. The van der Waals surface area contributed by atoms with Gasteiger partial charge in [0, 0.05) is 32.4 Å². The highest BCUT2D eigenvalue weighted by molar-refractivity contribution is 5.99. The smallest absolute Gasteiger partial charge is 0.246 e. The van der Waals surface area contributed by atoms with Gasteiger partial charge in [-0.2, -0.15) is 0 Å². The molecule has 2 heterocycles. The molecule has 2 atom stereocenters. The zero-order chi connectivity index (χ0) is 14.9. The molecule has 2 rings (SSSR count). The number of amides is 2. The fourth-order valence-corrected chi connectivity index (χ4v) is 2.57. The number of rotatable bonds is 4. The Morgan fingerprint density at radius 1 is 1.45 bits per heavy atom. The second-order valence-electron chi connectivity index (χ2n) is 5.52. The summed E-state index contributed by atoms with van der Waals surface area (Å²) in [6.45, 7) is 5.98. The second-order valence-corrected chi connectivity index (χ2v) is 5.52. The fourth-order valence-electron chi connectivity index (χ4n) is 2.57. The summed E-state index contributed by atoms with van der Waals surface area (Å²) in [6.07, 6.45) is 4.85. The van der Waals surface area contributed by atoms with Crippen LogP contribution in [0.1, 0.15) is 33.0 Å². The Morgan fingerprint density at radius 2 is 2.15 bits per heavy atom. The first kappa shape index (κ1) is 14.6. The summed E-state index contributed by atoms with van der Waals surface area (Å²) >= 11 is 0. The number of imidazole rings is 1. The molecule has 6 nitrogen and oxygen atoms in total. The summed E-state index contributed by atoms with van der Waals surface area (Å²) in [7, 11) is 1.93. The molecular formula is C14H22N4O2. The van der Waals surface area contributed by atoms with E-state index in [2.05, 4.69) is 10.3 Å². The van der Waals surface area contributed by atoms with E-state index in [0.29, 0.717) is 19.4 Å². The summed E-state index contributed by atoms with van der Waals surface area (Å²) in [5.74, 6) is 0.810. The molecule has 0 saturated carbocycles. The average Bonchev–Trinajstić information content (AvgIpc) is 2.82. The number of piperazine rings is 1. The maximum absolute atomic E-state index is 12.4. The Morgan fingerprint density at radius 3 is 2.70 bits per heavy atom. The molecule has 1 N–H and O–H groups in total. The van der Waals surface area contributed by atoms with Gasteiger partial charge in [-0.1, -0.05) is 6.92 Å². The van der Waals surface area contributed by atoms with Crippen molar-refractivity contribution < 1.29 is 9.59 Å². The molecule has 0 aromatic carbocycles. The molecule has 2 amide bonds. The molecule has 20 heavy (non-hydrogen) atoms. The topological polar surface area (TPSA) is 67.2 Å². The highest BCUT2D eigenvalue weighted by Crippen LogP contribution is 2.25. The van der Waals surface area contributed by atoms with Gasteiger partial charge in [0.15, 0.2) is 0 Å². The van der Waals surface area contributed by atoms with Crippen molar-refractivity contribution >= 4 is 11.8 Å².